The monoisotopic (exact) mass is 463 g/mol. The van der Waals surface area contributed by atoms with Crippen LogP contribution in [-0.2, 0) is 28.1 Å². The molecular weight excluding hydrogens is 437 g/mol. The first-order valence-electron chi connectivity index (χ1n) is 9.69. The molecule has 5 nitrogen and oxygen atoms in total. The standard InChI is InChI=1S/C21H26F4NO4P/c22-17-5-1-3-15(11-17)4-2-10-29-19-7-6-16(12-18(19)21(23,24)25)8-9-20(26,13-27)14-30-31-28/h1,3,5-7,11-12,27H,2,4,8-10,13-14,26,31H2. The van der Waals surface area contributed by atoms with E-state index < -0.39 is 32.6 Å². The molecule has 2 aromatic rings. The topological polar surface area (TPSA) is 81.8 Å². The molecule has 2 rings (SSSR count). The number of ether oxygens (including phenoxy) is 1. The van der Waals surface area contributed by atoms with Crippen molar-refractivity contribution in [2.45, 2.75) is 37.4 Å². The van der Waals surface area contributed by atoms with Crippen molar-refractivity contribution in [3.8, 4) is 5.75 Å². The molecule has 0 fully saturated rings. The lowest BCUT2D eigenvalue weighted by molar-refractivity contribution is -0.139. The van der Waals surface area contributed by atoms with Gasteiger partial charge in [0.05, 0.1) is 30.9 Å². The summed E-state index contributed by atoms with van der Waals surface area (Å²) in [5.41, 5.74) is 4.97. The Morgan fingerprint density at radius 3 is 2.45 bits per heavy atom. The summed E-state index contributed by atoms with van der Waals surface area (Å²) in [5.74, 6) is -0.646. The van der Waals surface area contributed by atoms with Gasteiger partial charge in [-0.15, -0.1) is 0 Å². The maximum absolute atomic E-state index is 13.5. The number of hydrogen-bond donors (Lipinski definition) is 2. The number of hydrogen-bond acceptors (Lipinski definition) is 5. The van der Waals surface area contributed by atoms with Gasteiger partial charge in [-0.3, -0.25) is 4.57 Å². The van der Waals surface area contributed by atoms with E-state index in [9.17, 15) is 27.2 Å². The second-order valence-corrected chi connectivity index (χ2v) is 7.86. The molecule has 0 radical (unpaired) electrons. The van der Waals surface area contributed by atoms with Gasteiger partial charge in [-0.1, -0.05) is 18.2 Å². The van der Waals surface area contributed by atoms with Crippen molar-refractivity contribution < 1.29 is 36.5 Å². The lowest BCUT2D eigenvalue weighted by atomic mass is 9.93. The van der Waals surface area contributed by atoms with Crippen molar-refractivity contribution in [1.29, 1.82) is 0 Å². The van der Waals surface area contributed by atoms with E-state index in [1.807, 2.05) is 0 Å². The van der Waals surface area contributed by atoms with Gasteiger partial charge >= 0.3 is 6.18 Å². The van der Waals surface area contributed by atoms with Crippen LogP contribution in [0.25, 0.3) is 0 Å². The van der Waals surface area contributed by atoms with Gasteiger partial charge in [-0.2, -0.15) is 13.2 Å². The molecule has 31 heavy (non-hydrogen) atoms. The second-order valence-electron chi connectivity index (χ2n) is 7.34. The predicted octanol–water partition coefficient (Wildman–Crippen LogP) is 4.17. The summed E-state index contributed by atoms with van der Waals surface area (Å²) in [6.07, 6.45) is -3.40. The number of benzene rings is 2. The second kappa shape index (κ2) is 11.6. The van der Waals surface area contributed by atoms with Gasteiger partial charge in [0.2, 0.25) is 0 Å². The van der Waals surface area contributed by atoms with Gasteiger partial charge < -0.3 is 20.1 Å². The normalized spacial score (nSPS) is 14.1. The van der Waals surface area contributed by atoms with E-state index in [1.54, 1.807) is 12.1 Å². The van der Waals surface area contributed by atoms with Crippen LogP contribution in [0, 0.1) is 5.82 Å². The van der Waals surface area contributed by atoms with Gasteiger partial charge in [-0.25, -0.2) is 4.39 Å². The molecule has 0 bridgehead atoms. The zero-order valence-electron chi connectivity index (χ0n) is 16.8. The molecule has 0 aliphatic heterocycles. The molecule has 0 aromatic heterocycles. The molecule has 0 aliphatic carbocycles. The van der Waals surface area contributed by atoms with Gasteiger partial charge in [0, 0.05) is 0 Å². The number of aliphatic hydroxyl groups is 1. The van der Waals surface area contributed by atoms with E-state index in [0.29, 0.717) is 18.4 Å². The van der Waals surface area contributed by atoms with Crippen LogP contribution in [-0.4, -0.2) is 30.5 Å². The Morgan fingerprint density at radius 2 is 1.81 bits per heavy atom. The van der Waals surface area contributed by atoms with Crippen molar-refractivity contribution in [2.24, 2.45) is 5.73 Å². The van der Waals surface area contributed by atoms with Crippen LogP contribution in [0.2, 0.25) is 0 Å². The van der Waals surface area contributed by atoms with Gasteiger partial charge in [0.25, 0.3) is 0 Å². The number of rotatable bonds is 12. The third-order valence-electron chi connectivity index (χ3n) is 4.77. The van der Waals surface area contributed by atoms with Crippen molar-refractivity contribution in [3.63, 3.8) is 0 Å². The molecule has 2 unspecified atom stereocenters. The van der Waals surface area contributed by atoms with Crippen LogP contribution >= 0.6 is 8.69 Å². The fourth-order valence-electron chi connectivity index (χ4n) is 3.02. The number of alkyl halides is 3. The summed E-state index contributed by atoms with van der Waals surface area (Å²) in [7, 11) is -1.49. The number of nitrogens with two attached hydrogens (primary N) is 1. The first-order chi connectivity index (χ1) is 14.7. The third-order valence-corrected chi connectivity index (χ3v) is 5.07. The molecule has 2 aromatic carbocycles. The van der Waals surface area contributed by atoms with Crippen LogP contribution in [0.15, 0.2) is 42.5 Å². The van der Waals surface area contributed by atoms with Gasteiger partial charge in [-0.05, 0) is 61.1 Å². The lowest BCUT2D eigenvalue weighted by Crippen LogP contribution is -2.47. The molecule has 0 amide bonds. The smallest absolute Gasteiger partial charge is 0.419 e. The van der Waals surface area contributed by atoms with E-state index in [0.717, 1.165) is 11.6 Å². The van der Waals surface area contributed by atoms with E-state index in [1.165, 1.54) is 24.3 Å². The van der Waals surface area contributed by atoms with Crippen molar-refractivity contribution in [3.05, 3.63) is 65.0 Å². The maximum atomic E-state index is 13.5. The van der Waals surface area contributed by atoms with Crippen molar-refractivity contribution in [1.82, 2.24) is 0 Å². The van der Waals surface area contributed by atoms with Crippen LogP contribution in [0.4, 0.5) is 17.6 Å². The Balaban J connectivity index is 2.01. The van der Waals surface area contributed by atoms with Gasteiger partial charge in [0.1, 0.15) is 11.6 Å². The van der Waals surface area contributed by atoms with Crippen LogP contribution < -0.4 is 10.5 Å². The maximum Gasteiger partial charge on any atom is 0.419 e. The minimum atomic E-state index is -4.61. The summed E-state index contributed by atoms with van der Waals surface area (Å²) in [6, 6.07) is 9.79. The molecule has 3 N–H and O–H groups in total. The highest BCUT2D eigenvalue weighted by Crippen LogP contribution is 2.37. The molecular formula is C21H26F4NO4P. The Labute approximate surface area is 179 Å². The van der Waals surface area contributed by atoms with Gasteiger partial charge in [0.15, 0.2) is 8.69 Å². The van der Waals surface area contributed by atoms with Crippen LogP contribution in [0.5, 0.6) is 5.75 Å². The quantitative estimate of drug-likeness (QED) is 0.281. The summed E-state index contributed by atoms with van der Waals surface area (Å²) in [4.78, 5) is 0. The summed E-state index contributed by atoms with van der Waals surface area (Å²) in [5, 5.41) is 9.42. The first kappa shape index (κ1) is 25.3. The summed E-state index contributed by atoms with van der Waals surface area (Å²) >= 11 is 0. The number of aryl methyl sites for hydroxylation is 2. The molecule has 2 atom stereocenters. The highest BCUT2D eigenvalue weighted by molar-refractivity contribution is 7.17. The van der Waals surface area contributed by atoms with Crippen LogP contribution in [0.1, 0.15) is 29.5 Å². The summed E-state index contributed by atoms with van der Waals surface area (Å²) < 4.78 is 74.4. The molecule has 0 aliphatic rings. The number of halogens is 4. The molecule has 0 heterocycles. The van der Waals surface area contributed by atoms with Crippen LogP contribution in [0.3, 0.4) is 0 Å². The lowest BCUT2D eigenvalue weighted by Gasteiger charge is -2.26. The molecule has 0 saturated heterocycles. The Kier molecular flexibility index (Phi) is 9.50. The van der Waals surface area contributed by atoms with E-state index in [-0.39, 0.29) is 37.6 Å². The third kappa shape index (κ3) is 8.26. The predicted molar refractivity (Wildman–Crippen MR) is 110 cm³/mol. The molecule has 10 heteroatoms. The zero-order valence-corrected chi connectivity index (χ0v) is 18.0. The average Bonchev–Trinajstić information content (AvgIpc) is 2.73. The first-order valence-corrected chi connectivity index (χ1v) is 10.6. The Hall–Kier alpha value is -1.93. The SMILES string of the molecule is NC(CO)(CCc1ccc(OCCCc2cccc(F)c2)c(C(F)(F)F)c1)CO[PH2]=O. The van der Waals surface area contributed by atoms with Crippen molar-refractivity contribution >= 4 is 8.69 Å². The fraction of sp³-hybridized carbons (Fsp3) is 0.429. The highest BCUT2D eigenvalue weighted by Gasteiger charge is 2.35. The molecule has 0 saturated carbocycles. The summed E-state index contributed by atoms with van der Waals surface area (Å²) in [6.45, 7) is -0.559. The average molecular weight is 463 g/mol. The molecule has 0 spiro atoms. The Morgan fingerprint density at radius 1 is 1.06 bits per heavy atom. The minimum absolute atomic E-state index is 0.0459. The Bertz CT molecular complexity index is 866. The number of aliphatic hydroxyl groups excluding tert-OH is 1. The highest BCUT2D eigenvalue weighted by atomic mass is 31.1. The molecule has 172 valence electrons. The largest absolute Gasteiger partial charge is 0.493 e. The van der Waals surface area contributed by atoms with E-state index >= 15 is 0 Å². The fourth-order valence-corrected chi connectivity index (χ4v) is 3.42. The van der Waals surface area contributed by atoms with E-state index in [2.05, 4.69) is 0 Å². The minimum Gasteiger partial charge on any atom is -0.493 e. The zero-order chi connectivity index (χ0) is 22.9. The van der Waals surface area contributed by atoms with E-state index in [4.69, 9.17) is 15.0 Å². The van der Waals surface area contributed by atoms with Crippen molar-refractivity contribution in [2.75, 3.05) is 19.8 Å².